The molecule has 4 rings (SSSR count). The van der Waals surface area contributed by atoms with Crippen molar-refractivity contribution in [2.24, 2.45) is 5.92 Å². The third-order valence-electron chi connectivity index (χ3n) is 5.00. The maximum absolute atomic E-state index is 13.4. The van der Waals surface area contributed by atoms with Crippen LogP contribution in [0.3, 0.4) is 0 Å². The molecule has 0 atom stereocenters. The number of para-hydroxylation sites is 2. The van der Waals surface area contributed by atoms with Gasteiger partial charge in [-0.15, -0.1) is 0 Å². The summed E-state index contributed by atoms with van der Waals surface area (Å²) >= 11 is 12.7. The van der Waals surface area contributed by atoms with Gasteiger partial charge in [0.05, 0.1) is 26.9 Å². The van der Waals surface area contributed by atoms with E-state index in [1.165, 1.54) is 9.80 Å². The lowest BCUT2D eigenvalue weighted by Gasteiger charge is -2.17. The van der Waals surface area contributed by atoms with Gasteiger partial charge in [-0.1, -0.05) is 79.8 Å². The van der Waals surface area contributed by atoms with Crippen LogP contribution in [0.15, 0.2) is 53.4 Å². The highest BCUT2D eigenvalue weighted by molar-refractivity contribution is 8.26. The molecular weight excluding hydrogens is 466 g/mol. The Morgan fingerprint density at radius 1 is 1.06 bits per heavy atom. The highest BCUT2D eigenvalue weighted by Gasteiger charge is 2.42. The largest absolute Gasteiger partial charge is 0.323 e. The Morgan fingerprint density at radius 2 is 1.75 bits per heavy atom. The summed E-state index contributed by atoms with van der Waals surface area (Å²) in [5.41, 5.74) is 1.95. The number of benzene rings is 2. The van der Waals surface area contributed by atoms with Crippen LogP contribution in [0, 0.1) is 5.92 Å². The maximum Gasteiger partial charge on any atom is 0.267 e. The van der Waals surface area contributed by atoms with Gasteiger partial charge >= 0.3 is 0 Å². The Morgan fingerprint density at radius 3 is 2.47 bits per heavy atom. The lowest BCUT2D eigenvalue weighted by atomic mass is 10.1. The third-order valence-corrected chi connectivity index (χ3v) is 6.77. The zero-order chi connectivity index (χ0) is 23.0. The molecule has 0 aliphatic carbocycles. The molecule has 1 N–H and O–H groups in total. The van der Waals surface area contributed by atoms with E-state index in [0.717, 1.165) is 11.8 Å². The monoisotopic (exact) mass is 485 g/mol. The van der Waals surface area contributed by atoms with Crippen molar-refractivity contribution in [1.29, 1.82) is 0 Å². The van der Waals surface area contributed by atoms with Crippen molar-refractivity contribution in [3.63, 3.8) is 0 Å². The predicted molar refractivity (Wildman–Crippen MR) is 133 cm³/mol. The van der Waals surface area contributed by atoms with E-state index in [1.54, 1.807) is 48.5 Å². The molecule has 0 radical (unpaired) electrons. The van der Waals surface area contributed by atoms with Gasteiger partial charge in [0.15, 0.2) is 0 Å². The number of nitrogens with zero attached hydrogens (tertiary/aromatic N) is 2. The quantitative estimate of drug-likeness (QED) is 0.497. The first kappa shape index (κ1) is 22.5. The minimum absolute atomic E-state index is 0.211. The zero-order valence-corrected chi connectivity index (χ0v) is 19.8. The Balaban J connectivity index is 1.65. The highest BCUT2D eigenvalue weighted by atomic mass is 35.5. The van der Waals surface area contributed by atoms with Crippen molar-refractivity contribution in [1.82, 2.24) is 4.90 Å². The number of rotatable bonds is 5. The van der Waals surface area contributed by atoms with Gasteiger partial charge in [-0.3, -0.25) is 24.2 Å². The molecule has 2 heterocycles. The van der Waals surface area contributed by atoms with Crippen molar-refractivity contribution in [3.8, 4) is 0 Å². The number of thiocarbonyl (C=S) groups is 1. The van der Waals surface area contributed by atoms with Crippen molar-refractivity contribution in [3.05, 3.63) is 64.0 Å². The average Bonchev–Trinajstić information content (AvgIpc) is 3.17. The summed E-state index contributed by atoms with van der Waals surface area (Å²) in [5.74, 6) is -0.826. The molecule has 0 bridgehead atoms. The first-order valence-corrected chi connectivity index (χ1v) is 11.6. The number of carbonyl (C=O) groups excluding carboxylic acids is 3. The highest BCUT2D eigenvalue weighted by Crippen LogP contribution is 2.44. The van der Waals surface area contributed by atoms with Crippen LogP contribution in [0.5, 0.6) is 0 Å². The molecule has 2 aliphatic rings. The zero-order valence-electron chi connectivity index (χ0n) is 17.4. The molecule has 0 unspecified atom stereocenters. The Hall–Kier alpha value is -2.68. The normalized spacial score (nSPS) is 18.1. The van der Waals surface area contributed by atoms with Crippen LogP contribution < -0.4 is 10.2 Å². The topological polar surface area (TPSA) is 69.7 Å². The number of anilines is 2. The van der Waals surface area contributed by atoms with Crippen molar-refractivity contribution >= 4 is 74.6 Å². The van der Waals surface area contributed by atoms with Crippen molar-refractivity contribution in [2.45, 2.75) is 13.8 Å². The molecule has 32 heavy (non-hydrogen) atoms. The molecule has 0 aromatic heterocycles. The molecule has 3 amide bonds. The number of fused-ring (bicyclic) bond motifs is 1. The molecule has 2 aliphatic heterocycles. The first-order valence-electron chi connectivity index (χ1n) is 10.0. The van der Waals surface area contributed by atoms with E-state index < -0.39 is 11.8 Å². The van der Waals surface area contributed by atoms with E-state index in [2.05, 4.69) is 5.32 Å². The summed E-state index contributed by atoms with van der Waals surface area (Å²) in [6.07, 6.45) is 0. The van der Waals surface area contributed by atoms with Crippen LogP contribution in [0.1, 0.15) is 19.4 Å². The van der Waals surface area contributed by atoms with Gasteiger partial charge in [-0.05, 0) is 24.1 Å². The Kier molecular flexibility index (Phi) is 6.37. The van der Waals surface area contributed by atoms with Gasteiger partial charge in [-0.25, -0.2) is 0 Å². The number of nitrogens with one attached hydrogen (secondary N) is 1. The Labute approximate surface area is 200 Å². The van der Waals surface area contributed by atoms with E-state index in [4.69, 9.17) is 23.8 Å². The second-order valence-corrected chi connectivity index (χ2v) is 9.87. The molecule has 1 fully saturated rings. The van der Waals surface area contributed by atoms with Crippen LogP contribution >= 0.6 is 35.6 Å². The van der Waals surface area contributed by atoms with E-state index >= 15 is 0 Å². The molecular formula is C23H20ClN3O3S2. The number of halogens is 1. The van der Waals surface area contributed by atoms with Crippen LogP contribution in [0.25, 0.3) is 5.57 Å². The summed E-state index contributed by atoms with van der Waals surface area (Å²) in [6.45, 7) is 4.28. The van der Waals surface area contributed by atoms with Gasteiger partial charge in [0, 0.05) is 12.1 Å². The summed E-state index contributed by atoms with van der Waals surface area (Å²) in [4.78, 5) is 42.5. The van der Waals surface area contributed by atoms with E-state index in [0.29, 0.717) is 37.7 Å². The SMILES string of the molecule is CC(C)CN1C(=O)/C(=C2/C(=O)N(CC(=O)Nc3ccccc3Cl)c3ccccc32)SC1=S. The summed E-state index contributed by atoms with van der Waals surface area (Å²) in [6, 6.07) is 14.0. The van der Waals surface area contributed by atoms with E-state index in [-0.39, 0.29) is 23.9 Å². The molecule has 9 heteroatoms. The van der Waals surface area contributed by atoms with Gasteiger partial charge in [0.1, 0.15) is 10.9 Å². The third kappa shape index (κ3) is 4.18. The van der Waals surface area contributed by atoms with Crippen molar-refractivity contribution < 1.29 is 14.4 Å². The molecule has 2 aromatic carbocycles. The molecule has 164 valence electrons. The minimum Gasteiger partial charge on any atom is -0.323 e. The minimum atomic E-state index is -0.398. The fourth-order valence-corrected chi connectivity index (χ4v) is 5.15. The second kappa shape index (κ2) is 9.05. The molecule has 0 spiro atoms. The fraction of sp³-hybridized carbons (Fsp3) is 0.217. The van der Waals surface area contributed by atoms with E-state index in [9.17, 15) is 14.4 Å². The summed E-state index contributed by atoms with van der Waals surface area (Å²) in [7, 11) is 0. The Bertz CT molecular complexity index is 1180. The average molecular weight is 486 g/mol. The van der Waals surface area contributed by atoms with Gasteiger partial charge in [-0.2, -0.15) is 0 Å². The van der Waals surface area contributed by atoms with Gasteiger partial charge < -0.3 is 5.32 Å². The maximum atomic E-state index is 13.4. The molecule has 1 saturated heterocycles. The lowest BCUT2D eigenvalue weighted by molar-refractivity contribution is -0.122. The predicted octanol–water partition coefficient (Wildman–Crippen LogP) is 4.55. The summed E-state index contributed by atoms with van der Waals surface area (Å²) in [5, 5.41) is 3.14. The molecule has 6 nitrogen and oxygen atoms in total. The van der Waals surface area contributed by atoms with Gasteiger partial charge in [0.25, 0.3) is 11.8 Å². The number of carbonyl (C=O) groups is 3. The lowest BCUT2D eigenvalue weighted by Crippen LogP contribution is -2.36. The van der Waals surface area contributed by atoms with Crippen LogP contribution in [0.2, 0.25) is 5.02 Å². The first-order chi connectivity index (χ1) is 15.3. The second-order valence-electron chi connectivity index (χ2n) is 7.82. The number of thioether (sulfide) groups is 1. The number of hydrogen-bond acceptors (Lipinski definition) is 5. The smallest absolute Gasteiger partial charge is 0.267 e. The number of amides is 3. The van der Waals surface area contributed by atoms with Crippen molar-refractivity contribution in [2.75, 3.05) is 23.3 Å². The fourth-order valence-electron chi connectivity index (χ4n) is 3.62. The van der Waals surface area contributed by atoms with Crippen LogP contribution in [-0.2, 0) is 14.4 Å². The molecule has 0 saturated carbocycles. The molecule has 2 aromatic rings. The van der Waals surface area contributed by atoms with Gasteiger partial charge in [0.2, 0.25) is 5.91 Å². The number of hydrogen-bond donors (Lipinski definition) is 1. The van der Waals surface area contributed by atoms with Crippen LogP contribution in [-0.4, -0.2) is 40.0 Å². The van der Waals surface area contributed by atoms with E-state index in [1.807, 2.05) is 13.8 Å². The summed E-state index contributed by atoms with van der Waals surface area (Å²) < 4.78 is 0.436. The standard InChI is InChI=1S/C23H20ClN3O3S2/c1-13(2)11-27-22(30)20(32-23(27)31)19-14-7-3-6-10-17(14)26(21(19)29)12-18(28)25-16-9-5-4-8-15(16)24/h3-10,13H,11-12H2,1-2H3,(H,25,28)/b20-19-. The van der Waals surface area contributed by atoms with Crippen LogP contribution in [0.4, 0.5) is 11.4 Å².